The molecule has 7 nitrogen and oxygen atoms in total. The molecule has 1 amide bonds. The van der Waals surface area contributed by atoms with Crippen molar-refractivity contribution in [3.63, 3.8) is 0 Å². The van der Waals surface area contributed by atoms with Crippen molar-refractivity contribution in [2.45, 2.75) is 19.5 Å². The summed E-state index contributed by atoms with van der Waals surface area (Å²) in [5.74, 6) is 0.436. The van der Waals surface area contributed by atoms with Gasteiger partial charge in [0, 0.05) is 13.2 Å². The summed E-state index contributed by atoms with van der Waals surface area (Å²) >= 11 is 0. The number of aromatic nitrogens is 2. The lowest BCUT2D eigenvalue weighted by Crippen LogP contribution is -2.40. The number of rotatable bonds is 7. The van der Waals surface area contributed by atoms with E-state index < -0.39 is 0 Å². The van der Waals surface area contributed by atoms with Crippen molar-refractivity contribution in [2.24, 2.45) is 0 Å². The topological polar surface area (TPSA) is 89.3 Å². The van der Waals surface area contributed by atoms with Gasteiger partial charge in [-0.05, 0) is 6.92 Å². The lowest BCUT2D eigenvalue weighted by molar-refractivity contribution is -0.121. The van der Waals surface area contributed by atoms with E-state index in [0.29, 0.717) is 19.0 Å². The molecule has 7 heteroatoms. The molecule has 2 N–H and O–H groups in total. The molecule has 90 valence electrons. The summed E-state index contributed by atoms with van der Waals surface area (Å²) in [4.78, 5) is 15.2. The van der Waals surface area contributed by atoms with Crippen molar-refractivity contribution in [1.82, 2.24) is 20.8 Å². The van der Waals surface area contributed by atoms with Crippen LogP contribution >= 0.6 is 0 Å². The summed E-state index contributed by atoms with van der Waals surface area (Å²) in [6, 6.07) is 0.00414. The SMILES string of the molecule is COCC(C)NC(=O)CNCc1ncon1. The zero-order chi connectivity index (χ0) is 11.8. The van der Waals surface area contributed by atoms with Crippen LogP contribution in [0.5, 0.6) is 0 Å². The first-order chi connectivity index (χ1) is 7.72. The van der Waals surface area contributed by atoms with Crippen LogP contribution in [0.3, 0.4) is 0 Å². The molecule has 0 spiro atoms. The first-order valence-electron chi connectivity index (χ1n) is 4.96. The Morgan fingerprint density at radius 3 is 3.12 bits per heavy atom. The normalized spacial score (nSPS) is 12.4. The zero-order valence-electron chi connectivity index (χ0n) is 9.40. The second-order valence-electron chi connectivity index (χ2n) is 3.37. The van der Waals surface area contributed by atoms with Gasteiger partial charge in [-0.3, -0.25) is 4.79 Å². The first kappa shape index (κ1) is 12.6. The van der Waals surface area contributed by atoms with E-state index in [4.69, 9.17) is 4.74 Å². The largest absolute Gasteiger partial charge is 0.383 e. The molecule has 0 aliphatic heterocycles. The van der Waals surface area contributed by atoms with Crippen LogP contribution in [0.2, 0.25) is 0 Å². The van der Waals surface area contributed by atoms with E-state index in [-0.39, 0.29) is 18.5 Å². The number of nitrogens with one attached hydrogen (secondary N) is 2. The predicted molar refractivity (Wildman–Crippen MR) is 55.5 cm³/mol. The van der Waals surface area contributed by atoms with Crippen molar-refractivity contribution in [2.75, 3.05) is 20.3 Å². The van der Waals surface area contributed by atoms with E-state index >= 15 is 0 Å². The van der Waals surface area contributed by atoms with Crippen LogP contribution in [0.4, 0.5) is 0 Å². The van der Waals surface area contributed by atoms with E-state index in [1.807, 2.05) is 6.92 Å². The molecule has 1 aromatic heterocycles. The number of ether oxygens (including phenoxy) is 1. The molecule has 0 aliphatic rings. The summed E-state index contributed by atoms with van der Waals surface area (Å²) in [6.07, 6.45) is 1.25. The van der Waals surface area contributed by atoms with E-state index in [1.165, 1.54) is 6.39 Å². The third kappa shape index (κ3) is 4.85. The molecular formula is C9H16N4O3. The number of hydrogen-bond acceptors (Lipinski definition) is 6. The number of amides is 1. The molecule has 1 atom stereocenters. The Labute approximate surface area is 93.5 Å². The number of nitrogens with zero attached hydrogens (tertiary/aromatic N) is 2. The highest BCUT2D eigenvalue weighted by Crippen LogP contribution is 1.86. The Bertz CT molecular complexity index is 302. The van der Waals surface area contributed by atoms with E-state index in [9.17, 15) is 4.79 Å². The molecule has 1 heterocycles. The predicted octanol–water partition coefficient (Wildman–Crippen LogP) is -0.690. The van der Waals surface area contributed by atoms with E-state index in [2.05, 4.69) is 25.3 Å². The highest BCUT2D eigenvalue weighted by Gasteiger charge is 2.06. The van der Waals surface area contributed by atoms with Gasteiger partial charge in [-0.25, -0.2) is 0 Å². The molecule has 0 saturated carbocycles. The number of methoxy groups -OCH3 is 1. The Morgan fingerprint density at radius 1 is 1.69 bits per heavy atom. The third-order valence-corrected chi connectivity index (χ3v) is 1.80. The summed E-state index contributed by atoms with van der Waals surface area (Å²) in [6.45, 7) is 2.99. The second kappa shape index (κ2) is 6.91. The monoisotopic (exact) mass is 228 g/mol. The average molecular weight is 228 g/mol. The molecule has 0 aromatic carbocycles. The molecule has 16 heavy (non-hydrogen) atoms. The zero-order valence-corrected chi connectivity index (χ0v) is 9.40. The fourth-order valence-corrected chi connectivity index (χ4v) is 1.18. The van der Waals surface area contributed by atoms with Gasteiger partial charge < -0.3 is 19.9 Å². The Kier molecular flexibility index (Phi) is 5.44. The minimum atomic E-state index is -0.0898. The van der Waals surface area contributed by atoms with Gasteiger partial charge in [0.15, 0.2) is 5.82 Å². The van der Waals surface area contributed by atoms with Crippen LogP contribution in [-0.4, -0.2) is 42.4 Å². The minimum absolute atomic E-state index is 0.00414. The Hall–Kier alpha value is -1.47. The van der Waals surface area contributed by atoms with Crippen LogP contribution in [-0.2, 0) is 16.1 Å². The average Bonchev–Trinajstić information content (AvgIpc) is 2.70. The molecule has 0 aliphatic carbocycles. The van der Waals surface area contributed by atoms with Crippen LogP contribution in [0, 0.1) is 0 Å². The van der Waals surface area contributed by atoms with Crippen LogP contribution in [0.1, 0.15) is 12.7 Å². The van der Waals surface area contributed by atoms with E-state index in [0.717, 1.165) is 0 Å². The molecular weight excluding hydrogens is 212 g/mol. The van der Waals surface area contributed by atoms with Crippen molar-refractivity contribution in [3.8, 4) is 0 Å². The van der Waals surface area contributed by atoms with Crippen molar-refractivity contribution in [3.05, 3.63) is 12.2 Å². The maximum absolute atomic E-state index is 11.4. The second-order valence-corrected chi connectivity index (χ2v) is 3.37. The van der Waals surface area contributed by atoms with Gasteiger partial charge in [0.2, 0.25) is 12.3 Å². The van der Waals surface area contributed by atoms with Crippen molar-refractivity contribution >= 4 is 5.91 Å². The molecule has 0 radical (unpaired) electrons. The highest BCUT2D eigenvalue weighted by molar-refractivity contribution is 5.78. The highest BCUT2D eigenvalue weighted by atomic mass is 16.5. The van der Waals surface area contributed by atoms with Gasteiger partial charge >= 0.3 is 0 Å². The molecule has 1 rings (SSSR count). The van der Waals surface area contributed by atoms with Crippen LogP contribution in [0.15, 0.2) is 10.9 Å². The van der Waals surface area contributed by atoms with Crippen molar-refractivity contribution in [1.29, 1.82) is 0 Å². The molecule has 0 bridgehead atoms. The first-order valence-corrected chi connectivity index (χ1v) is 4.96. The van der Waals surface area contributed by atoms with E-state index in [1.54, 1.807) is 7.11 Å². The fourth-order valence-electron chi connectivity index (χ4n) is 1.18. The summed E-state index contributed by atoms with van der Waals surface area (Å²) in [5, 5.41) is 9.27. The quantitative estimate of drug-likeness (QED) is 0.642. The third-order valence-electron chi connectivity index (χ3n) is 1.80. The standard InChI is InChI=1S/C9H16N4O3/c1-7(5-15-2)12-9(14)4-10-3-8-11-6-16-13-8/h6-7,10H,3-5H2,1-2H3,(H,12,14). The minimum Gasteiger partial charge on any atom is -0.383 e. The molecule has 1 aromatic rings. The Morgan fingerprint density at radius 2 is 2.50 bits per heavy atom. The van der Waals surface area contributed by atoms with Gasteiger partial charge in [-0.15, -0.1) is 0 Å². The fraction of sp³-hybridized carbons (Fsp3) is 0.667. The summed E-state index contributed by atoms with van der Waals surface area (Å²) in [5.41, 5.74) is 0. The van der Waals surface area contributed by atoms with Gasteiger partial charge in [-0.2, -0.15) is 4.98 Å². The lowest BCUT2D eigenvalue weighted by atomic mass is 10.3. The van der Waals surface area contributed by atoms with Gasteiger partial charge in [0.25, 0.3) is 0 Å². The number of hydrogen-bond donors (Lipinski definition) is 2. The smallest absolute Gasteiger partial charge is 0.234 e. The van der Waals surface area contributed by atoms with Crippen molar-refractivity contribution < 1.29 is 14.1 Å². The lowest BCUT2D eigenvalue weighted by Gasteiger charge is -2.12. The molecule has 0 saturated heterocycles. The van der Waals surface area contributed by atoms with Gasteiger partial charge in [0.05, 0.1) is 19.7 Å². The summed E-state index contributed by atoms with van der Waals surface area (Å²) in [7, 11) is 1.59. The summed E-state index contributed by atoms with van der Waals surface area (Å²) < 4.78 is 9.45. The number of carbonyl (C=O) groups excluding carboxylic acids is 1. The van der Waals surface area contributed by atoms with Gasteiger partial charge in [-0.1, -0.05) is 5.16 Å². The number of carbonyl (C=O) groups is 1. The maximum atomic E-state index is 11.4. The van der Waals surface area contributed by atoms with Gasteiger partial charge in [0.1, 0.15) is 0 Å². The maximum Gasteiger partial charge on any atom is 0.234 e. The van der Waals surface area contributed by atoms with Crippen LogP contribution in [0.25, 0.3) is 0 Å². The Balaban J connectivity index is 2.10. The molecule has 0 fully saturated rings. The molecule has 1 unspecified atom stereocenters. The van der Waals surface area contributed by atoms with Crippen LogP contribution < -0.4 is 10.6 Å².